The van der Waals surface area contributed by atoms with E-state index in [1.807, 2.05) is 0 Å². The van der Waals surface area contributed by atoms with Crippen LogP contribution < -0.4 is 5.43 Å². The van der Waals surface area contributed by atoms with Crippen LogP contribution in [-0.2, 0) is 11.3 Å². The van der Waals surface area contributed by atoms with E-state index >= 15 is 0 Å². The van der Waals surface area contributed by atoms with Crippen molar-refractivity contribution in [1.29, 1.82) is 0 Å². The second-order valence-electron chi connectivity index (χ2n) is 4.76. The van der Waals surface area contributed by atoms with Crippen LogP contribution in [0.2, 0.25) is 0 Å². The van der Waals surface area contributed by atoms with E-state index in [9.17, 15) is 19.7 Å². The van der Waals surface area contributed by atoms with Gasteiger partial charge in [0, 0.05) is 18.3 Å². The zero-order valence-electron chi connectivity index (χ0n) is 12.6. The summed E-state index contributed by atoms with van der Waals surface area (Å²) in [6.45, 7) is 5.57. The Kier molecular flexibility index (Phi) is 4.25. The number of hydrogen-bond acceptors (Lipinski definition) is 5. The largest absolute Gasteiger partial charge is 0.462 e. The molecule has 1 aromatic carbocycles. The van der Waals surface area contributed by atoms with E-state index in [0.29, 0.717) is 12.1 Å². The van der Waals surface area contributed by atoms with Gasteiger partial charge in [-0.1, -0.05) is 6.07 Å². The lowest BCUT2D eigenvalue weighted by atomic mass is 10.1. The van der Waals surface area contributed by atoms with E-state index in [1.54, 1.807) is 20.8 Å². The Morgan fingerprint density at radius 3 is 2.59 bits per heavy atom. The van der Waals surface area contributed by atoms with Crippen molar-refractivity contribution in [2.24, 2.45) is 0 Å². The van der Waals surface area contributed by atoms with Gasteiger partial charge >= 0.3 is 5.97 Å². The molecule has 0 amide bonds. The number of pyridine rings is 1. The number of aromatic nitrogens is 1. The van der Waals surface area contributed by atoms with Gasteiger partial charge in [0.25, 0.3) is 5.69 Å². The predicted molar refractivity (Wildman–Crippen MR) is 81.2 cm³/mol. The minimum atomic E-state index is -0.722. The van der Waals surface area contributed by atoms with Gasteiger partial charge in [-0.05, 0) is 26.8 Å². The Balaban J connectivity index is 2.92. The molecule has 0 bridgehead atoms. The Morgan fingerprint density at radius 2 is 2.05 bits per heavy atom. The lowest BCUT2D eigenvalue weighted by Gasteiger charge is -2.12. The molecule has 2 rings (SSSR count). The van der Waals surface area contributed by atoms with Crippen LogP contribution in [-0.4, -0.2) is 22.1 Å². The third-order valence-corrected chi connectivity index (χ3v) is 3.43. The van der Waals surface area contributed by atoms with Crippen LogP contribution >= 0.6 is 0 Å². The number of esters is 1. The first-order valence-corrected chi connectivity index (χ1v) is 6.90. The lowest BCUT2D eigenvalue weighted by Crippen LogP contribution is -2.21. The standard InChI is InChI=1S/C15H16N2O5/c1-4-16-8-11(15(19)22-5-2)14(18)10-7-6-9(3)12(13(10)16)17(20)21/h6-8H,4-5H2,1-3H3. The number of aryl methyl sites for hydroxylation is 2. The number of benzene rings is 1. The third kappa shape index (κ3) is 2.45. The van der Waals surface area contributed by atoms with Gasteiger partial charge in [0.1, 0.15) is 11.1 Å². The molecule has 0 radical (unpaired) electrons. The molecule has 0 saturated heterocycles. The smallest absolute Gasteiger partial charge is 0.343 e. The third-order valence-electron chi connectivity index (χ3n) is 3.43. The highest BCUT2D eigenvalue weighted by atomic mass is 16.6. The number of hydrogen-bond donors (Lipinski definition) is 0. The number of nitrogens with zero attached hydrogens (tertiary/aromatic N) is 2. The first-order chi connectivity index (χ1) is 10.4. The highest BCUT2D eigenvalue weighted by Gasteiger charge is 2.23. The summed E-state index contributed by atoms with van der Waals surface area (Å²) < 4.78 is 6.41. The Bertz CT molecular complexity index is 823. The molecule has 7 heteroatoms. The summed E-state index contributed by atoms with van der Waals surface area (Å²) in [6.07, 6.45) is 1.33. The van der Waals surface area contributed by atoms with Gasteiger partial charge in [0.2, 0.25) is 5.43 Å². The molecule has 0 fully saturated rings. The molecular weight excluding hydrogens is 288 g/mol. The fraction of sp³-hybridized carbons (Fsp3) is 0.333. The van der Waals surface area contributed by atoms with Gasteiger partial charge in [-0.3, -0.25) is 14.9 Å². The molecule has 1 heterocycles. The maximum atomic E-state index is 12.5. The fourth-order valence-electron chi connectivity index (χ4n) is 2.41. The first-order valence-electron chi connectivity index (χ1n) is 6.90. The summed E-state index contributed by atoms with van der Waals surface area (Å²) in [4.78, 5) is 35.2. The van der Waals surface area contributed by atoms with Crippen molar-refractivity contribution in [3.05, 3.63) is 49.8 Å². The number of rotatable bonds is 4. The van der Waals surface area contributed by atoms with E-state index in [2.05, 4.69) is 0 Å². The molecule has 0 aliphatic heterocycles. The number of carbonyl (C=O) groups is 1. The molecule has 0 aliphatic rings. The minimum Gasteiger partial charge on any atom is -0.462 e. The zero-order valence-corrected chi connectivity index (χ0v) is 12.6. The van der Waals surface area contributed by atoms with Crippen LogP contribution in [0.4, 0.5) is 5.69 Å². The maximum Gasteiger partial charge on any atom is 0.343 e. The van der Waals surface area contributed by atoms with Crippen LogP contribution in [0, 0.1) is 17.0 Å². The number of nitro benzene ring substituents is 1. The van der Waals surface area contributed by atoms with E-state index in [-0.39, 0.29) is 28.8 Å². The van der Waals surface area contributed by atoms with Crippen molar-refractivity contribution in [2.45, 2.75) is 27.3 Å². The van der Waals surface area contributed by atoms with Crippen molar-refractivity contribution < 1.29 is 14.5 Å². The Labute approximate surface area is 126 Å². The van der Waals surface area contributed by atoms with Gasteiger partial charge < -0.3 is 9.30 Å². The predicted octanol–water partition coefficient (Wildman–Crippen LogP) is 2.41. The van der Waals surface area contributed by atoms with Gasteiger partial charge in [0.05, 0.1) is 16.9 Å². The molecule has 22 heavy (non-hydrogen) atoms. The van der Waals surface area contributed by atoms with E-state index in [4.69, 9.17) is 4.74 Å². The zero-order chi connectivity index (χ0) is 16.4. The number of fused-ring (bicyclic) bond motifs is 1. The van der Waals surface area contributed by atoms with Crippen LogP contribution in [0.25, 0.3) is 10.9 Å². The van der Waals surface area contributed by atoms with Crippen LogP contribution in [0.3, 0.4) is 0 Å². The average Bonchev–Trinajstić information content (AvgIpc) is 2.47. The van der Waals surface area contributed by atoms with Crippen molar-refractivity contribution in [1.82, 2.24) is 4.57 Å². The van der Waals surface area contributed by atoms with Crippen LogP contribution in [0.15, 0.2) is 23.1 Å². The van der Waals surface area contributed by atoms with E-state index in [0.717, 1.165) is 0 Å². The summed E-state index contributed by atoms with van der Waals surface area (Å²) in [5.74, 6) is -0.722. The number of carbonyl (C=O) groups excluding carboxylic acids is 1. The normalized spacial score (nSPS) is 10.7. The summed E-state index contributed by atoms with van der Waals surface area (Å²) in [7, 11) is 0. The topological polar surface area (TPSA) is 91.4 Å². The van der Waals surface area contributed by atoms with Crippen LogP contribution in [0.5, 0.6) is 0 Å². The van der Waals surface area contributed by atoms with Gasteiger partial charge in [-0.25, -0.2) is 4.79 Å². The molecule has 7 nitrogen and oxygen atoms in total. The molecule has 0 unspecified atom stereocenters. The quantitative estimate of drug-likeness (QED) is 0.491. The summed E-state index contributed by atoms with van der Waals surface area (Å²) in [5.41, 5.74) is -0.101. The average molecular weight is 304 g/mol. The van der Waals surface area contributed by atoms with E-state index in [1.165, 1.54) is 22.9 Å². The highest BCUT2D eigenvalue weighted by molar-refractivity contribution is 5.96. The maximum absolute atomic E-state index is 12.5. The molecule has 116 valence electrons. The molecular formula is C15H16N2O5. The van der Waals surface area contributed by atoms with Gasteiger partial charge in [-0.15, -0.1) is 0 Å². The molecule has 1 aromatic heterocycles. The molecule has 0 spiro atoms. The Morgan fingerprint density at radius 1 is 1.36 bits per heavy atom. The number of nitro groups is 1. The SMILES string of the molecule is CCOC(=O)c1cn(CC)c2c([N+](=O)[O-])c(C)ccc2c1=O. The molecule has 0 atom stereocenters. The van der Waals surface area contributed by atoms with Gasteiger partial charge in [-0.2, -0.15) is 0 Å². The minimum absolute atomic E-state index is 0.116. The van der Waals surface area contributed by atoms with Crippen molar-refractivity contribution in [3.63, 3.8) is 0 Å². The summed E-state index contributed by atoms with van der Waals surface area (Å²) in [5, 5.41) is 11.5. The number of ether oxygens (including phenoxy) is 1. The molecule has 0 N–H and O–H groups in total. The van der Waals surface area contributed by atoms with Gasteiger partial charge in [0.15, 0.2) is 0 Å². The molecule has 2 aromatic rings. The Hall–Kier alpha value is -2.70. The summed E-state index contributed by atoms with van der Waals surface area (Å²) >= 11 is 0. The lowest BCUT2D eigenvalue weighted by molar-refractivity contribution is -0.383. The van der Waals surface area contributed by atoms with E-state index < -0.39 is 16.3 Å². The molecule has 0 aliphatic carbocycles. The van der Waals surface area contributed by atoms with Crippen molar-refractivity contribution in [2.75, 3.05) is 6.61 Å². The second kappa shape index (κ2) is 5.97. The van der Waals surface area contributed by atoms with Crippen molar-refractivity contribution in [3.8, 4) is 0 Å². The highest BCUT2D eigenvalue weighted by Crippen LogP contribution is 2.28. The molecule has 0 saturated carbocycles. The summed E-state index contributed by atoms with van der Waals surface area (Å²) in [6, 6.07) is 3.02. The fourth-order valence-corrected chi connectivity index (χ4v) is 2.41. The van der Waals surface area contributed by atoms with Crippen LogP contribution in [0.1, 0.15) is 29.8 Å². The monoisotopic (exact) mass is 304 g/mol. The first kappa shape index (κ1) is 15.7. The second-order valence-corrected chi connectivity index (χ2v) is 4.76. The van der Waals surface area contributed by atoms with Crippen molar-refractivity contribution >= 4 is 22.6 Å².